The van der Waals surface area contributed by atoms with Gasteiger partial charge in [0.05, 0.1) is 11.9 Å². The molecule has 0 fully saturated rings. The fourth-order valence-corrected chi connectivity index (χ4v) is 2.08. The largest absolute Gasteiger partial charge is 0.369 e. The molecule has 2 aromatic rings. The third-order valence-corrected chi connectivity index (χ3v) is 2.88. The number of fused-ring (bicyclic) bond motifs is 1. The number of benzene rings is 1. The SMILES string of the molecule is Cc1snc2ccc(CC(N)=O)cc12. The summed E-state index contributed by atoms with van der Waals surface area (Å²) in [6.07, 6.45) is 0.297. The molecule has 1 heterocycles. The molecule has 0 saturated carbocycles. The summed E-state index contributed by atoms with van der Waals surface area (Å²) in [6.45, 7) is 2.02. The van der Waals surface area contributed by atoms with Crippen molar-refractivity contribution < 1.29 is 4.79 Å². The van der Waals surface area contributed by atoms with Crippen LogP contribution in [0.5, 0.6) is 0 Å². The molecular formula is C10H10N2OS. The zero-order chi connectivity index (χ0) is 10.1. The molecule has 0 unspecified atom stereocenters. The van der Waals surface area contributed by atoms with E-state index in [-0.39, 0.29) is 5.91 Å². The number of carbonyl (C=O) groups excluding carboxylic acids is 1. The Bertz CT molecular complexity index is 490. The van der Waals surface area contributed by atoms with Crippen molar-refractivity contribution in [3.63, 3.8) is 0 Å². The second-order valence-electron chi connectivity index (χ2n) is 3.23. The van der Waals surface area contributed by atoms with Crippen LogP contribution in [0.15, 0.2) is 18.2 Å². The molecule has 1 aromatic carbocycles. The van der Waals surface area contributed by atoms with Crippen molar-refractivity contribution in [2.45, 2.75) is 13.3 Å². The molecular weight excluding hydrogens is 196 g/mol. The van der Waals surface area contributed by atoms with E-state index in [0.717, 1.165) is 16.5 Å². The number of primary amides is 1. The summed E-state index contributed by atoms with van der Waals surface area (Å²) in [4.78, 5) is 11.9. The first-order valence-electron chi connectivity index (χ1n) is 4.30. The molecule has 1 aromatic heterocycles. The number of carbonyl (C=O) groups is 1. The van der Waals surface area contributed by atoms with Gasteiger partial charge in [-0.2, -0.15) is 4.37 Å². The zero-order valence-corrected chi connectivity index (χ0v) is 8.60. The smallest absolute Gasteiger partial charge is 0.221 e. The van der Waals surface area contributed by atoms with Crippen molar-refractivity contribution in [3.8, 4) is 0 Å². The Kier molecular flexibility index (Phi) is 2.21. The van der Waals surface area contributed by atoms with Gasteiger partial charge in [0.1, 0.15) is 0 Å². The fraction of sp³-hybridized carbons (Fsp3) is 0.200. The first-order chi connectivity index (χ1) is 6.66. The highest BCUT2D eigenvalue weighted by Gasteiger charge is 2.04. The van der Waals surface area contributed by atoms with Crippen LogP contribution in [0.2, 0.25) is 0 Å². The van der Waals surface area contributed by atoms with E-state index in [0.29, 0.717) is 6.42 Å². The molecule has 0 atom stereocenters. The fourth-order valence-electron chi connectivity index (χ4n) is 1.42. The van der Waals surface area contributed by atoms with E-state index in [9.17, 15) is 4.79 Å². The molecule has 0 radical (unpaired) electrons. The van der Waals surface area contributed by atoms with Gasteiger partial charge in [-0.3, -0.25) is 4.79 Å². The number of rotatable bonds is 2. The van der Waals surface area contributed by atoms with E-state index in [4.69, 9.17) is 5.73 Å². The number of hydrogen-bond acceptors (Lipinski definition) is 3. The maximum absolute atomic E-state index is 10.7. The summed E-state index contributed by atoms with van der Waals surface area (Å²) in [5.41, 5.74) is 7.07. The Morgan fingerprint density at radius 2 is 2.36 bits per heavy atom. The molecule has 3 nitrogen and oxygen atoms in total. The van der Waals surface area contributed by atoms with Crippen LogP contribution in [0, 0.1) is 6.92 Å². The maximum Gasteiger partial charge on any atom is 0.221 e. The lowest BCUT2D eigenvalue weighted by molar-refractivity contribution is -0.117. The molecule has 0 bridgehead atoms. The highest BCUT2D eigenvalue weighted by atomic mass is 32.1. The Morgan fingerprint density at radius 1 is 1.57 bits per heavy atom. The molecule has 0 saturated heterocycles. The van der Waals surface area contributed by atoms with Crippen molar-refractivity contribution >= 4 is 28.3 Å². The average Bonchev–Trinajstić information content (AvgIpc) is 2.47. The summed E-state index contributed by atoms with van der Waals surface area (Å²) in [5, 5.41) is 1.12. The number of hydrogen-bond donors (Lipinski definition) is 1. The van der Waals surface area contributed by atoms with Crippen LogP contribution in [0.25, 0.3) is 10.9 Å². The topological polar surface area (TPSA) is 56.0 Å². The minimum Gasteiger partial charge on any atom is -0.369 e. The van der Waals surface area contributed by atoms with Crippen LogP contribution in [-0.4, -0.2) is 10.3 Å². The van der Waals surface area contributed by atoms with Crippen LogP contribution in [-0.2, 0) is 11.2 Å². The number of nitrogens with two attached hydrogens (primary N) is 1. The van der Waals surface area contributed by atoms with Crippen molar-refractivity contribution in [2.75, 3.05) is 0 Å². The van der Waals surface area contributed by atoms with Gasteiger partial charge >= 0.3 is 0 Å². The van der Waals surface area contributed by atoms with Crippen LogP contribution in [0.4, 0.5) is 0 Å². The lowest BCUT2D eigenvalue weighted by atomic mass is 10.1. The molecule has 4 heteroatoms. The summed E-state index contributed by atoms with van der Waals surface area (Å²) in [6, 6.07) is 5.81. The zero-order valence-electron chi connectivity index (χ0n) is 7.78. The number of amides is 1. The van der Waals surface area contributed by atoms with Crippen LogP contribution < -0.4 is 5.73 Å². The van der Waals surface area contributed by atoms with E-state index in [1.807, 2.05) is 25.1 Å². The second-order valence-corrected chi connectivity index (χ2v) is 4.21. The van der Waals surface area contributed by atoms with Gasteiger partial charge in [-0.15, -0.1) is 0 Å². The minimum atomic E-state index is -0.301. The summed E-state index contributed by atoms with van der Waals surface area (Å²) >= 11 is 1.48. The molecule has 14 heavy (non-hydrogen) atoms. The van der Waals surface area contributed by atoms with E-state index in [2.05, 4.69) is 4.37 Å². The van der Waals surface area contributed by atoms with E-state index < -0.39 is 0 Å². The predicted molar refractivity (Wildman–Crippen MR) is 57.3 cm³/mol. The van der Waals surface area contributed by atoms with Crippen molar-refractivity contribution in [1.82, 2.24) is 4.37 Å². The Labute approximate surface area is 85.7 Å². The van der Waals surface area contributed by atoms with Gasteiger partial charge in [0.25, 0.3) is 0 Å². The normalized spacial score (nSPS) is 10.6. The quantitative estimate of drug-likeness (QED) is 0.812. The molecule has 2 N–H and O–H groups in total. The highest BCUT2D eigenvalue weighted by Crippen LogP contribution is 2.22. The first kappa shape index (κ1) is 9.15. The number of aromatic nitrogens is 1. The van der Waals surface area contributed by atoms with Gasteiger partial charge in [-0.05, 0) is 36.2 Å². The second kappa shape index (κ2) is 3.38. The number of aryl methyl sites for hydroxylation is 1. The van der Waals surface area contributed by atoms with E-state index in [1.165, 1.54) is 16.4 Å². The maximum atomic E-state index is 10.7. The third-order valence-electron chi connectivity index (χ3n) is 2.10. The van der Waals surface area contributed by atoms with E-state index in [1.54, 1.807) is 0 Å². The van der Waals surface area contributed by atoms with Gasteiger partial charge in [0.2, 0.25) is 5.91 Å². The third kappa shape index (κ3) is 1.61. The van der Waals surface area contributed by atoms with Crippen molar-refractivity contribution in [2.24, 2.45) is 5.73 Å². The lowest BCUT2D eigenvalue weighted by Gasteiger charge is -1.97. The van der Waals surface area contributed by atoms with Gasteiger partial charge in [-0.25, -0.2) is 0 Å². The molecule has 72 valence electrons. The van der Waals surface area contributed by atoms with Gasteiger partial charge in [-0.1, -0.05) is 6.07 Å². The summed E-state index contributed by atoms with van der Waals surface area (Å²) < 4.78 is 4.26. The summed E-state index contributed by atoms with van der Waals surface area (Å²) in [7, 11) is 0. The van der Waals surface area contributed by atoms with Crippen molar-refractivity contribution in [3.05, 3.63) is 28.6 Å². The Balaban J connectivity index is 2.49. The molecule has 0 spiro atoms. The van der Waals surface area contributed by atoms with Crippen LogP contribution >= 0.6 is 11.5 Å². The van der Waals surface area contributed by atoms with Crippen LogP contribution in [0.3, 0.4) is 0 Å². The van der Waals surface area contributed by atoms with Gasteiger partial charge < -0.3 is 5.73 Å². The molecule has 0 aliphatic rings. The monoisotopic (exact) mass is 206 g/mol. The Hall–Kier alpha value is -1.42. The molecule has 0 aliphatic carbocycles. The predicted octanol–water partition coefficient (Wildman–Crippen LogP) is 1.63. The summed E-state index contributed by atoms with van der Waals surface area (Å²) in [5.74, 6) is -0.301. The average molecular weight is 206 g/mol. The van der Waals surface area contributed by atoms with E-state index >= 15 is 0 Å². The van der Waals surface area contributed by atoms with Crippen molar-refractivity contribution in [1.29, 1.82) is 0 Å². The highest BCUT2D eigenvalue weighted by molar-refractivity contribution is 7.07. The Morgan fingerprint density at radius 3 is 3.07 bits per heavy atom. The number of nitrogens with zero attached hydrogens (tertiary/aromatic N) is 1. The molecule has 2 rings (SSSR count). The first-order valence-corrected chi connectivity index (χ1v) is 5.07. The van der Waals surface area contributed by atoms with Gasteiger partial charge in [0, 0.05) is 10.3 Å². The molecule has 0 aliphatic heterocycles. The molecule has 1 amide bonds. The van der Waals surface area contributed by atoms with Crippen LogP contribution in [0.1, 0.15) is 10.4 Å². The lowest BCUT2D eigenvalue weighted by Crippen LogP contribution is -2.13. The van der Waals surface area contributed by atoms with Gasteiger partial charge in [0.15, 0.2) is 0 Å². The standard InChI is InChI=1S/C10H10N2OS/c1-6-8-4-7(5-10(11)13)2-3-9(8)12-14-6/h2-4H,5H2,1H3,(H2,11,13). The minimum absolute atomic E-state index is 0.297.